The van der Waals surface area contributed by atoms with Gasteiger partial charge in [-0.05, 0) is 28.1 Å². The number of carbonyl (C=O) groups is 1. The number of amides is 1. The number of anilines is 1. The number of rotatable bonds is 0. The van der Waals surface area contributed by atoms with Crippen LogP contribution in [-0.2, 0) is 4.79 Å². The second-order valence-corrected chi connectivity index (χ2v) is 3.43. The van der Waals surface area contributed by atoms with Gasteiger partial charge in [0.15, 0.2) is 12.4 Å². The molecule has 5 heteroatoms. The van der Waals surface area contributed by atoms with E-state index in [1.807, 2.05) is 0 Å². The molecule has 0 aliphatic carbocycles. The molecule has 1 N–H and O–H groups in total. The minimum Gasteiger partial charge on any atom is -0.481 e. The predicted octanol–water partition coefficient (Wildman–Crippen LogP) is 1.92. The maximum Gasteiger partial charge on any atom is 0.262 e. The van der Waals surface area contributed by atoms with E-state index >= 15 is 0 Å². The highest BCUT2D eigenvalue weighted by molar-refractivity contribution is 9.10. The SMILES string of the molecule is O=C1COc2ccc(Br)c(F)c2N1. The molecule has 0 unspecified atom stereocenters. The van der Waals surface area contributed by atoms with E-state index in [2.05, 4.69) is 21.2 Å². The number of halogens is 2. The summed E-state index contributed by atoms with van der Waals surface area (Å²) in [5, 5.41) is 2.40. The van der Waals surface area contributed by atoms with Crippen molar-refractivity contribution in [3.63, 3.8) is 0 Å². The molecule has 1 aliphatic rings. The molecule has 1 aromatic rings. The Labute approximate surface area is 82.0 Å². The van der Waals surface area contributed by atoms with Crippen LogP contribution in [0.1, 0.15) is 0 Å². The number of hydrogen-bond donors (Lipinski definition) is 1. The molecule has 0 atom stereocenters. The molecular weight excluding hydrogens is 241 g/mol. The van der Waals surface area contributed by atoms with Gasteiger partial charge in [-0.1, -0.05) is 0 Å². The number of fused-ring (bicyclic) bond motifs is 1. The van der Waals surface area contributed by atoms with E-state index in [0.29, 0.717) is 10.2 Å². The van der Waals surface area contributed by atoms with Gasteiger partial charge in [0.1, 0.15) is 11.4 Å². The summed E-state index contributed by atoms with van der Waals surface area (Å²) >= 11 is 3.01. The maximum absolute atomic E-state index is 13.3. The van der Waals surface area contributed by atoms with Gasteiger partial charge in [0.05, 0.1) is 4.47 Å². The monoisotopic (exact) mass is 245 g/mol. The molecule has 0 aromatic heterocycles. The van der Waals surface area contributed by atoms with Crippen LogP contribution in [0.2, 0.25) is 0 Å². The van der Waals surface area contributed by atoms with Crippen molar-refractivity contribution >= 4 is 27.5 Å². The van der Waals surface area contributed by atoms with E-state index in [1.54, 1.807) is 6.07 Å². The van der Waals surface area contributed by atoms with E-state index in [-0.39, 0.29) is 18.2 Å². The lowest BCUT2D eigenvalue weighted by Gasteiger charge is -2.18. The predicted molar refractivity (Wildman–Crippen MR) is 48.2 cm³/mol. The van der Waals surface area contributed by atoms with Gasteiger partial charge in [-0.25, -0.2) is 4.39 Å². The summed E-state index contributed by atoms with van der Waals surface area (Å²) in [6.45, 7) is -0.0614. The van der Waals surface area contributed by atoms with Crippen molar-refractivity contribution in [2.24, 2.45) is 0 Å². The van der Waals surface area contributed by atoms with Crippen LogP contribution in [0.5, 0.6) is 5.75 Å². The fourth-order valence-electron chi connectivity index (χ4n) is 1.09. The Bertz CT molecular complexity index is 381. The highest BCUT2D eigenvalue weighted by Gasteiger charge is 2.20. The van der Waals surface area contributed by atoms with Crippen LogP contribution < -0.4 is 10.1 Å². The number of hydrogen-bond acceptors (Lipinski definition) is 2. The second kappa shape index (κ2) is 2.99. The molecule has 1 heterocycles. The molecule has 1 aromatic carbocycles. The van der Waals surface area contributed by atoms with Gasteiger partial charge in [-0.15, -0.1) is 0 Å². The van der Waals surface area contributed by atoms with Crippen LogP contribution >= 0.6 is 15.9 Å². The van der Waals surface area contributed by atoms with Gasteiger partial charge in [0.2, 0.25) is 0 Å². The Morgan fingerprint density at radius 1 is 1.54 bits per heavy atom. The zero-order valence-corrected chi connectivity index (χ0v) is 8.02. The van der Waals surface area contributed by atoms with Crippen LogP contribution in [-0.4, -0.2) is 12.5 Å². The first-order valence-electron chi connectivity index (χ1n) is 3.59. The van der Waals surface area contributed by atoms with Gasteiger partial charge >= 0.3 is 0 Å². The molecule has 0 radical (unpaired) electrons. The van der Waals surface area contributed by atoms with Gasteiger partial charge in [0, 0.05) is 0 Å². The Morgan fingerprint density at radius 3 is 3.08 bits per heavy atom. The molecule has 3 nitrogen and oxygen atoms in total. The van der Waals surface area contributed by atoms with Crippen LogP contribution in [0, 0.1) is 5.82 Å². The highest BCUT2D eigenvalue weighted by atomic mass is 79.9. The average Bonchev–Trinajstić information content (AvgIpc) is 2.12. The lowest BCUT2D eigenvalue weighted by molar-refractivity contribution is -0.118. The topological polar surface area (TPSA) is 38.3 Å². The molecule has 1 aliphatic heterocycles. The molecule has 0 spiro atoms. The lowest BCUT2D eigenvalue weighted by Crippen LogP contribution is -2.26. The van der Waals surface area contributed by atoms with Gasteiger partial charge in [-0.2, -0.15) is 0 Å². The molecule has 68 valence electrons. The van der Waals surface area contributed by atoms with Crippen molar-refractivity contribution in [1.82, 2.24) is 0 Å². The minimum absolute atomic E-state index is 0.0614. The number of ether oxygens (including phenoxy) is 1. The van der Waals surface area contributed by atoms with Crippen molar-refractivity contribution in [2.45, 2.75) is 0 Å². The molecule has 0 bridgehead atoms. The third-order valence-electron chi connectivity index (χ3n) is 1.68. The van der Waals surface area contributed by atoms with Gasteiger partial charge < -0.3 is 10.1 Å². The summed E-state index contributed by atoms with van der Waals surface area (Å²) in [5.41, 5.74) is 0.102. The summed E-state index contributed by atoms with van der Waals surface area (Å²) < 4.78 is 18.6. The minimum atomic E-state index is -0.509. The fourth-order valence-corrected chi connectivity index (χ4v) is 1.42. The van der Waals surface area contributed by atoms with E-state index in [0.717, 1.165) is 0 Å². The standard InChI is InChI=1S/C8H5BrFNO2/c9-4-1-2-5-8(7(4)10)11-6(12)3-13-5/h1-2H,3H2,(H,11,12). The quantitative estimate of drug-likeness (QED) is 0.759. The van der Waals surface area contributed by atoms with E-state index in [4.69, 9.17) is 4.74 Å². The molecule has 0 saturated heterocycles. The largest absolute Gasteiger partial charge is 0.481 e. The van der Waals surface area contributed by atoms with Gasteiger partial charge in [0.25, 0.3) is 5.91 Å². The number of carbonyl (C=O) groups excluding carboxylic acids is 1. The Balaban J connectivity index is 2.54. The third-order valence-corrected chi connectivity index (χ3v) is 2.29. The van der Waals surface area contributed by atoms with Crippen molar-refractivity contribution in [2.75, 3.05) is 11.9 Å². The molecule has 13 heavy (non-hydrogen) atoms. The summed E-state index contributed by atoms with van der Waals surface area (Å²) in [5.74, 6) is -0.490. The summed E-state index contributed by atoms with van der Waals surface area (Å²) in [6.07, 6.45) is 0. The van der Waals surface area contributed by atoms with Crippen molar-refractivity contribution < 1.29 is 13.9 Å². The lowest BCUT2D eigenvalue weighted by atomic mass is 10.2. The van der Waals surface area contributed by atoms with Crippen LogP contribution in [0.25, 0.3) is 0 Å². The Kier molecular flexibility index (Phi) is 1.95. The van der Waals surface area contributed by atoms with Crippen LogP contribution in [0.15, 0.2) is 16.6 Å². The zero-order chi connectivity index (χ0) is 9.42. The fraction of sp³-hybridized carbons (Fsp3) is 0.125. The molecule has 2 rings (SSSR count). The highest BCUT2D eigenvalue weighted by Crippen LogP contribution is 2.34. The first-order valence-corrected chi connectivity index (χ1v) is 4.38. The van der Waals surface area contributed by atoms with Crippen molar-refractivity contribution in [1.29, 1.82) is 0 Å². The van der Waals surface area contributed by atoms with Crippen LogP contribution in [0.4, 0.5) is 10.1 Å². The molecule has 1 amide bonds. The van der Waals surface area contributed by atoms with Crippen LogP contribution in [0.3, 0.4) is 0 Å². The van der Waals surface area contributed by atoms with E-state index < -0.39 is 5.82 Å². The summed E-state index contributed by atoms with van der Waals surface area (Å²) in [4.78, 5) is 10.9. The maximum atomic E-state index is 13.3. The van der Waals surface area contributed by atoms with Crippen molar-refractivity contribution in [3.05, 3.63) is 22.4 Å². The third kappa shape index (κ3) is 1.39. The Hall–Kier alpha value is -1.10. The smallest absolute Gasteiger partial charge is 0.262 e. The molecular formula is C8H5BrFNO2. The second-order valence-electron chi connectivity index (χ2n) is 2.57. The van der Waals surface area contributed by atoms with Gasteiger partial charge in [-0.3, -0.25) is 4.79 Å². The van der Waals surface area contributed by atoms with Crippen molar-refractivity contribution in [3.8, 4) is 5.75 Å². The number of nitrogens with one attached hydrogen (secondary N) is 1. The first-order chi connectivity index (χ1) is 6.18. The number of benzene rings is 1. The zero-order valence-electron chi connectivity index (χ0n) is 6.43. The van der Waals surface area contributed by atoms with E-state index in [1.165, 1.54) is 6.07 Å². The average molecular weight is 246 g/mol. The first kappa shape index (κ1) is 8.50. The molecule has 0 fully saturated rings. The Morgan fingerprint density at radius 2 is 2.31 bits per heavy atom. The normalized spacial score (nSPS) is 14.5. The summed E-state index contributed by atoms with van der Waals surface area (Å²) in [7, 11) is 0. The summed E-state index contributed by atoms with van der Waals surface area (Å²) in [6, 6.07) is 3.13. The molecule has 0 saturated carbocycles. The van der Waals surface area contributed by atoms with E-state index in [9.17, 15) is 9.18 Å².